The van der Waals surface area contributed by atoms with Crippen LogP contribution >= 0.6 is 0 Å². The van der Waals surface area contributed by atoms with Gasteiger partial charge in [-0.25, -0.2) is 29.0 Å². The normalized spacial score (nSPS) is 17.1. The summed E-state index contributed by atoms with van der Waals surface area (Å²) in [5, 5.41) is 29.8. The van der Waals surface area contributed by atoms with Crippen LogP contribution in [0.5, 0.6) is 11.5 Å². The van der Waals surface area contributed by atoms with Gasteiger partial charge in [-0.15, -0.1) is 0 Å². The molecule has 0 bridgehead atoms. The molecule has 0 saturated carbocycles. The zero-order chi connectivity index (χ0) is 45.5. The Hall–Kier alpha value is -7.16. The number of rotatable bonds is 9. The number of H-pyrrole nitrogens is 1. The lowest BCUT2D eigenvalue weighted by molar-refractivity contribution is -0.173. The number of pyridine rings is 2. The van der Waals surface area contributed by atoms with Crippen LogP contribution in [0.15, 0.2) is 76.4 Å². The second kappa shape index (κ2) is 15.8. The molecule has 3 N–H and O–H groups in total. The van der Waals surface area contributed by atoms with E-state index >= 15 is 0 Å². The SMILES string of the molecule is CCc1c2c(nc3ccc(O)cc13)-c1cc3c(c(=O)n1C2)COC(=O)[C@@]3(CC)OC(=O)N1CCC(CCn2ccc3cc(-n4c(-c5cc(C(C)C)c(C)cc5O)n[nH]c4=O)ccc32)CC1. The molecule has 7 aromatic rings. The van der Waals surface area contributed by atoms with Crippen LogP contribution in [0, 0.1) is 12.8 Å². The number of nitrogens with zero attached hydrogens (tertiary/aromatic N) is 6. The Balaban J connectivity index is 0.832. The molecule has 15 heteroatoms. The van der Waals surface area contributed by atoms with Crippen LogP contribution in [0.4, 0.5) is 4.79 Å². The number of aromatic nitrogens is 6. The highest BCUT2D eigenvalue weighted by molar-refractivity contribution is 5.91. The zero-order valence-electron chi connectivity index (χ0n) is 37.1. The van der Waals surface area contributed by atoms with Crippen LogP contribution in [-0.2, 0) is 46.0 Å². The van der Waals surface area contributed by atoms with Gasteiger partial charge < -0.3 is 33.7 Å². The van der Waals surface area contributed by atoms with Gasteiger partial charge in [0.15, 0.2) is 5.82 Å². The number of fused-ring (bicyclic) bond motifs is 6. The summed E-state index contributed by atoms with van der Waals surface area (Å²) >= 11 is 0. The third-order valence-corrected chi connectivity index (χ3v) is 14.0. The van der Waals surface area contributed by atoms with Crippen molar-refractivity contribution in [2.45, 2.75) is 97.9 Å². The summed E-state index contributed by atoms with van der Waals surface area (Å²) in [7, 11) is 0. The number of benzene rings is 3. The summed E-state index contributed by atoms with van der Waals surface area (Å²) in [6.07, 6.45) is 4.52. The minimum Gasteiger partial charge on any atom is -0.508 e. The lowest BCUT2D eigenvalue weighted by Gasteiger charge is -2.38. The Morgan fingerprint density at radius 1 is 1.00 bits per heavy atom. The van der Waals surface area contributed by atoms with Crippen molar-refractivity contribution in [2.75, 3.05) is 13.1 Å². The fraction of sp³-hybridized carbons (Fsp3) is 0.360. The molecule has 15 nitrogen and oxygen atoms in total. The summed E-state index contributed by atoms with van der Waals surface area (Å²) < 4.78 is 17.1. The molecule has 4 aromatic heterocycles. The van der Waals surface area contributed by atoms with Gasteiger partial charge in [-0.3, -0.25) is 4.79 Å². The third-order valence-electron chi connectivity index (χ3n) is 14.0. The summed E-state index contributed by atoms with van der Waals surface area (Å²) in [5.74, 6) is 0.383. The van der Waals surface area contributed by atoms with Crippen molar-refractivity contribution in [2.24, 2.45) is 5.92 Å². The fourth-order valence-electron chi connectivity index (χ4n) is 10.4. The Morgan fingerprint density at radius 2 is 1.80 bits per heavy atom. The monoisotopic (exact) mass is 877 g/mol. The second-order valence-electron chi connectivity index (χ2n) is 18.0. The van der Waals surface area contributed by atoms with Crippen molar-refractivity contribution in [3.63, 3.8) is 0 Å². The summed E-state index contributed by atoms with van der Waals surface area (Å²) in [6, 6.07) is 18.3. The number of piperidine rings is 1. The largest absolute Gasteiger partial charge is 0.508 e. The molecular formula is C50H51N7O8. The topological polar surface area (TPSA) is 187 Å². The molecule has 1 saturated heterocycles. The van der Waals surface area contributed by atoms with Crippen LogP contribution in [0.25, 0.3) is 50.3 Å². The number of phenols is 2. The van der Waals surface area contributed by atoms with E-state index < -0.39 is 23.4 Å². The Kier molecular flexibility index (Phi) is 10.2. The lowest BCUT2D eigenvalue weighted by atomic mass is 9.85. The predicted octanol–water partition coefficient (Wildman–Crippen LogP) is 7.93. The molecule has 0 radical (unpaired) electrons. The number of nitrogens with one attached hydrogen (secondary N) is 1. The summed E-state index contributed by atoms with van der Waals surface area (Å²) in [4.78, 5) is 61.6. The van der Waals surface area contributed by atoms with Crippen molar-refractivity contribution in [3.05, 3.63) is 121 Å². The number of likely N-dealkylation sites (tertiary alicyclic amines) is 1. The van der Waals surface area contributed by atoms with Gasteiger partial charge in [-0.2, -0.15) is 5.10 Å². The number of aromatic amines is 1. The van der Waals surface area contributed by atoms with E-state index in [2.05, 4.69) is 28.6 Å². The van der Waals surface area contributed by atoms with Gasteiger partial charge in [-0.05, 0) is 128 Å². The number of esters is 1. The number of hydrogen-bond donors (Lipinski definition) is 3. The maximum absolute atomic E-state index is 14.2. The molecule has 1 amide bonds. The number of carbonyl (C=O) groups is 2. The van der Waals surface area contributed by atoms with Gasteiger partial charge in [0.2, 0.25) is 5.60 Å². The lowest BCUT2D eigenvalue weighted by Crippen LogP contribution is -2.50. The van der Waals surface area contributed by atoms with E-state index in [1.165, 1.54) is 4.57 Å². The number of phenolic OH excluding ortho intramolecular Hbond substituents is 2. The Labute approximate surface area is 373 Å². The van der Waals surface area contributed by atoms with Gasteiger partial charge in [-0.1, -0.05) is 27.7 Å². The molecule has 3 aliphatic rings. The maximum atomic E-state index is 14.2. The highest BCUT2D eigenvalue weighted by Crippen LogP contribution is 2.43. The van der Waals surface area contributed by atoms with E-state index in [4.69, 9.17) is 14.5 Å². The first-order valence-electron chi connectivity index (χ1n) is 22.5. The average Bonchev–Trinajstić information content (AvgIpc) is 4.00. The third kappa shape index (κ3) is 6.78. The first-order chi connectivity index (χ1) is 31.3. The Morgan fingerprint density at radius 3 is 2.55 bits per heavy atom. The quantitative estimate of drug-likeness (QED) is 0.120. The molecule has 10 rings (SSSR count). The van der Waals surface area contributed by atoms with Gasteiger partial charge in [0.05, 0.1) is 40.3 Å². The first kappa shape index (κ1) is 41.8. The number of aromatic hydroxyl groups is 2. The van der Waals surface area contributed by atoms with E-state index in [1.54, 1.807) is 46.7 Å². The van der Waals surface area contributed by atoms with E-state index in [9.17, 15) is 29.4 Å². The molecule has 3 aromatic carbocycles. The number of ether oxygens (including phenoxy) is 2. The minimum atomic E-state index is -1.81. The molecule has 0 aliphatic carbocycles. The van der Waals surface area contributed by atoms with Crippen LogP contribution in [0.3, 0.4) is 0 Å². The smallest absolute Gasteiger partial charge is 0.411 e. The molecular weight excluding hydrogens is 827 g/mol. The number of cyclic esters (lactones) is 1. The van der Waals surface area contributed by atoms with Crippen molar-refractivity contribution in [3.8, 4) is 40.0 Å². The van der Waals surface area contributed by atoms with Crippen molar-refractivity contribution in [1.29, 1.82) is 0 Å². The molecule has 65 heavy (non-hydrogen) atoms. The number of aryl methyl sites for hydroxylation is 3. The van der Waals surface area contributed by atoms with Gasteiger partial charge in [0, 0.05) is 53.2 Å². The van der Waals surface area contributed by atoms with Crippen LogP contribution < -0.4 is 11.2 Å². The number of hydrogen-bond acceptors (Lipinski definition) is 10. The highest BCUT2D eigenvalue weighted by atomic mass is 16.6. The van der Waals surface area contributed by atoms with Crippen LogP contribution in [0.2, 0.25) is 0 Å². The van der Waals surface area contributed by atoms with Crippen molar-refractivity contribution in [1.82, 2.24) is 33.8 Å². The van der Waals surface area contributed by atoms with Gasteiger partial charge in [0.25, 0.3) is 5.56 Å². The van der Waals surface area contributed by atoms with E-state index in [0.717, 1.165) is 64.4 Å². The Bertz CT molecular complexity index is 3220. The number of amides is 1. The van der Waals surface area contributed by atoms with Gasteiger partial charge >= 0.3 is 17.8 Å². The van der Waals surface area contributed by atoms with Crippen LogP contribution in [-0.4, -0.2) is 69.1 Å². The molecule has 7 heterocycles. The van der Waals surface area contributed by atoms with Crippen molar-refractivity contribution >= 4 is 33.9 Å². The fourth-order valence-corrected chi connectivity index (χ4v) is 10.4. The summed E-state index contributed by atoms with van der Waals surface area (Å²) in [5.41, 5.74) is 6.00. The van der Waals surface area contributed by atoms with E-state index in [-0.39, 0.29) is 48.1 Å². The first-order valence-corrected chi connectivity index (χ1v) is 22.5. The number of carbonyl (C=O) groups excluding carboxylic acids is 2. The van der Waals surface area contributed by atoms with E-state index in [0.29, 0.717) is 65.0 Å². The zero-order valence-corrected chi connectivity index (χ0v) is 37.1. The molecule has 3 aliphatic heterocycles. The molecule has 1 fully saturated rings. The molecule has 1 atom stereocenters. The molecule has 0 unspecified atom stereocenters. The van der Waals surface area contributed by atoms with E-state index in [1.807, 2.05) is 50.4 Å². The summed E-state index contributed by atoms with van der Waals surface area (Å²) in [6.45, 7) is 11.6. The molecule has 0 spiro atoms. The average molecular weight is 878 g/mol. The van der Waals surface area contributed by atoms with Crippen LogP contribution in [0.1, 0.15) is 92.7 Å². The molecule has 334 valence electrons. The predicted molar refractivity (Wildman–Crippen MR) is 244 cm³/mol. The minimum absolute atomic E-state index is 0.0566. The van der Waals surface area contributed by atoms with Crippen molar-refractivity contribution < 1.29 is 29.3 Å². The maximum Gasteiger partial charge on any atom is 0.411 e. The standard InChI is InChI=1S/C50H51N7O8/c1-6-33-35-22-32(58)9-10-40(35)51-44-37(33)25-56-42(44)24-39-38(46(56)60)26-64-47(61)50(39,7-2)65-49(63)55-17-13-29(14-18-55)12-16-54-19-15-30-21-31(8-11-41(30)54)57-45(52-53-48(57)62)36-23-34(27(3)4)28(5)20-43(36)59/h8-11,15,19-24,27,29,58-59H,6-7,12-14,16-18,25-26H2,1-5H3,(H,53,62)/t50-/m0/s1. The van der Waals surface area contributed by atoms with Gasteiger partial charge in [0.1, 0.15) is 18.1 Å². The highest BCUT2D eigenvalue weighted by Gasteiger charge is 2.51. The second-order valence-corrected chi connectivity index (χ2v) is 18.0.